The number of fused-ring (bicyclic) bond motifs is 6. The summed E-state index contributed by atoms with van der Waals surface area (Å²) in [6.07, 6.45) is 2.17. The van der Waals surface area contributed by atoms with Crippen LogP contribution in [-0.2, 0) is 12.8 Å². The number of benzene rings is 3. The van der Waals surface area contributed by atoms with Crippen LogP contribution in [0, 0.1) is 6.92 Å². The highest BCUT2D eigenvalue weighted by Gasteiger charge is 2.24. The minimum Gasteiger partial charge on any atom is -0.0619 e. The molecule has 0 unspecified atom stereocenters. The molecule has 0 fully saturated rings. The molecule has 0 aliphatic heterocycles. The van der Waals surface area contributed by atoms with Crippen LogP contribution >= 0.6 is 0 Å². The molecule has 2 aliphatic carbocycles. The zero-order valence-electron chi connectivity index (χ0n) is 12.1. The molecule has 2 aliphatic rings. The van der Waals surface area contributed by atoms with Crippen LogP contribution in [0.5, 0.6) is 0 Å². The summed E-state index contributed by atoms with van der Waals surface area (Å²) in [5.41, 5.74) is 13.1. The molecule has 0 aromatic heterocycles. The molecule has 0 heteroatoms. The van der Waals surface area contributed by atoms with Gasteiger partial charge >= 0.3 is 0 Å². The summed E-state index contributed by atoms with van der Waals surface area (Å²) in [4.78, 5) is 0. The second-order valence-electron chi connectivity index (χ2n) is 6.34. The van der Waals surface area contributed by atoms with Crippen LogP contribution in [0.15, 0.2) is 54.6 Å². The molecule has 0 spiro atoms. The van der Waals surface area contributed by atoms with Crippen LogP contribution in [0.2, 0.25) is 0 Å². The monoisotopic (exact) mass is 268 g/mol. The third-order valence-electron chi connectivity index (χ3n) is 4.95. The second-order valence-corrected chi connectivity index (χ2v) is 6.34. The highest BCUT2D eigenvalue weighted by atomic mass is 14.3. The average molecular weight is 268 g/mol. The maximum Gasteiger partial charge on any atom is -0.00132 e. The van der Waals surface area contributed by atoms with Crippen molar-refractivity contribution in [1.82, 2.24) is 0 Å². The Balaban J connectivity index is 1.74. The summed E-state index contributed by atoms with van der Waals surface area (Å²) in [5, 5.41) is 0. The van der Waals surface area contributed by atoms with Crippen molar-refractivity contribution >= 4 is 0 Å². The highest BCUT2D eigenvalue weighted by molar-refractivity contribution is 5.85. The van der Waals surface area contributed by atoms with Crippen molar-refractivity contribution in [1.29, 1.82) is 0 Å². The van der Waals surface area contributed by atoms with Gasteiger partial charge in [-0.2, -0.15) is 0 Å². The van der Waals surface area contributed by atoms with E-state index in [9.17, 15) is 0 Å². The van der Waals surface area contributed by atoms with Crippen LogP contribution < -0.4 is 0 Å². The number of hydrogen-bond donors (Lipinski definition) is 0. The van der Waals surface area contributed by atoms with Crippen molar-refractivity contribution in [2.24, 2.45) is 0 Å². The van der Waals surface area contributed by atoms with Crippen molar-refractivity contribution in [2.45, 2.75) is 19.8 Å². The van der Waals surface area contributed by atoms with Gasteiger partial charge in [-0.25, -0.2) is 0 Å². The molecular weight excluding hydrogens is 252 g/mol. The fourth-order valence-corrected chi connectivity index (χ4v) is 3.93. The number of aryl methyl sites for hydroxylation is 1. The standard InChI is InChI=1S/C21H16/c1-13-6-7-15-10-17-11-20-16(12-21(17)19(15)8-13)9-14-4-2-3-5-18(14)20/h2-8,11-12H,9-10H2,1H3. The summed E-state index contributed by atoms with van der Waals surface area (Å²) in [6, 6.07) is 20.6. The Kier molecular flexibility index (Phi) is 2.08. The first kappa shape index (κ1) is 11.3. The van der Waals surface area contributed by atoms with Gasteiger partial charge in [0.1, 0.15) is 0 Å². The minimum absolute atomic E-state index is 1.08. The molecule has 3 aromatic rings. The van der Waals surface area contributed by atoms with E-state index in [1.807, 2.05) is 0 Å². The largest absolute Gasteiger partial charge is 0.0619 e. The average Bonchev–Trinajstić information content (AvgIpc) is 3.02. The Morgan fingerprint density at radius 2 is 1.19 bits per heavy atom. The lowest BCUT2D eigenvalue weighted by molar-refractivity contribution is 1.24. The first-order chi connectivity index (χ1) is 10.3. The van der Waals surface area contributed by atoms with E-state index in [1.165, 1.54) is 50.1 Å². The van der Waals surface area contributed by atoms with Gasteiger partial charge in [0.25, 0.3) is 0 Å². The molecule has 3 aromatic carbocycles. The zero-order valence-corrected chi connectivity index (χ0v) is 12.1. The van der Waals surface area contributed by atoms with Gasteiger partial charge in [-0.15, -0.1) is 0 Å². The molecule has 0 radical (unpaired) electrons. The highest BCUT2D eigenvalue weighted by Crippen LogP contribution is 2.44. The Bertz CT molecular complexity index is 900. The maximum atomic E-state index is 2.44. The second kappa shape index (κ2) is 3.85. The van der Waals surface area contributed by atoms with Gasteiger partial charge < -0.3 is 0 Å². The van der Waals surface area contributed by atoms with Gasteiger partial charge in [-0.1, -0.05) is 48.0 Å². The van der Waals surface area contributed by atoms with Crippen molar-refractivity contribution in [3.8, 4) is 22.3 Å². The predicted octanol–water partition coefficient (Wildman–Crippen LogP) is 5.14. The Hall–Kier alpha value is -2.34. The number of hydrogen-bond acceptors (Lipinski definition) is 0. The molecule has 0 atom stereocenters. The van der Waals surface area contributed by atoms with E-state index >= 15 is 0 Å². The SMILES string of the molecule is Cc1ccc2c(c1)-c1cc3c(cc1C2)-c1ccccc1C3. The molecule has 0 saturated heterocycles. The third-order valence-corrected chi connectivity index (χ3v) is 4.95. The summed E-state index contributed by atoms with van der Waals surface area (Å²) >= 11 is 0. The van der Waals surface area contributed by atoms with Gasteiger partial charge in [-0.05, 0) is 76.4 Å². The Labute approximate surface area is 125 Å². The normalized spacial score (nSPS) is 13.6. The van der Waals surface area contributed by atoms with Crippen LogP contribution in [0.25, 0.3) is 22.3 Å². The van der Waals surface area contributed by atoms with Crippen LogP contribution in [0.1, 0.15) is 27.8 Å². The molecule has 0 N–H and O–H groups in total. The molecular formula is C21H16. The van der Waals surface area contributed by atoms with E-state index in [0.29, 0.717) is 0 Å². The summed E-state index contributed by atoms with van der Waals surface area (Å²) < 4.78 is 0. The fraction of sp³-hybridized carbons (Fsp3) is 0.143. The lowest BCUT2D eigenvalue weighted by atomic mass is 9.97. The molecule has 0 nitrogen and oxygen atoms in total. The summed E-state index contributed by atoms with van der Waals surface area (Å²) in [7, 11) is 0. The molecule has 0 heterocycles. The van der Waals surface area contributed by atoms with Crippen molar-refractivity contribution in [3.63, 3.8) is 0 Å². The first-order valence-electron chi connectivity index (χ1n) is 7.63. The first-order valence-corrected chi connectivity index (χ1v) is 7.63. The fourth-order valence-electron chi connectivity index (χ4n) is 3.93. The molecule has 5 rings (SSSR count). The van der Waals surface area contributed by atoms with Crippen molar-refractivity contribution in [2.75, 3.05) is 0 Å². The van der Waals surface area contributed by atoms with E-state index in [1.54, 1.807) is 0 Å². The van der Waals surface area contributed by atoms with Crippen molar-refractivity contribution < 1.29 is 0 Å². The minimum atomic E-state index is 1.08. The maximum absolute atomic E-state index is 2.44. The summed E-state index contributed by atoms with van der Waals surface area (Å²) in [5.74, 6) is 0. The molecule has 100 valence electrons. The summed E-state index contributed by atoms with van der Waals surface area (Å²) in [6.45, 7) is 2.18. The molecule has 0 amide bonds. The van der Waals surface area contributed by atoms with Crippen LogP contribution in [0.4, 0.5) is 0 Å². The van der Waals surface area contributed by atoms with E-state index in [0.717, 1.165) is 12.8 Å². The van der Waals surface area contributed by atoms with Crippen molar-refractivity contribution in [3.05, 3.63) is 82.4 Å². The van der Waals surface area contributed by atoms with Gasteiger partial charge in [0.15, 0.2) is 0 Å². The molecule has 0 saturated carbocycles. The Morgan fingerprint density at radius 3 is 2.00 bits per heavy atom. The van der Waals surface area contributed by atoms with E-state index in [-0.39, 0.29) is 0 Å². The van der Waals surface area contributed by atoms with E-state index in [4.69, 9.17) is 0 Å². The Morgan fingerprint density at radius 1 is 0.571 bits per heavy atom. The third kappa shape index (κ3) is 1.50. The van der Waals surface area contributed by atoms with Crippen LogP contribution in [-0.4, -0.2) is 0 Å². The van der Waals surface area contributed by atoms with Crippen LogP contribution in [0.3, 0.4) is 0 Å². The van der Waals surface area contributed by atoms with E-state index in [2.05, 4.69) is 61.5 Å². The topological polar surface area (TPSA) is 0 Å². The smallest absolute Gasteiger partial charge is 0.00132 e. The zero-order chi connectivity index (χ0) is 14.0. The van der Waals surface area contributed by atoms with Gasteiger partial charge in [-0.3, -0.25) is 0 Å². The van der Waals surface area contributed by atoms with Gasteiger partial charge in [0.2, 0.25) is 0 Å². The lowest BCUT2D eigenvalue weighted by Crippen LogP contribution is -1.85. The lowest BCUT2D eigenvalue weighted by Gasteiger charge is -2.07. The predicted molar refractivity (Wildman–Crippen MR) is 87.7 cm³/mol. The molecule has 0 bridgehead atoms. The molecule has 21 heavy (non-hydrogen) atoms. The van der Waals surface area contributed by atoms with Gasteiger partial charge in [0, 0.05) is 0 Å². The number of rotatable bonds is 0. The quantitative estimate of drug-likeness (QED) is 0.365. The van der Waals surface area contributed by atoms with Gasteiger partial charge in [0.05, 0.1) is 0 Å². The van der Waals surface area contributed by atoms with E-state index < -0.39 is 0 Å².